The Morgan fingerprint density at radius 1 is 1.47 bits per heavy atom. The first-order valence-corrected chi connectivity index (χ1v) is 5.65. The Hall–Kier alpha value is -1.78. The third kappa shape index (κ3) is 2.87. The molecular formula is C12H16FN3O. The van der Waals surface area contributed by atoms with E-state index in [4.69, 9.17) is 10.5 Å². The molecule has 1 aliphatic rings. The van der Waals surface area contributed by atoms with Gasteiger partial charge in [-0.05, 0) is 31.2 Å². The highest BCUT2D eigenvalue weighted by Crippen LogP contribution is 2.16. The van der Waals surface area contributed by atoms with Gasteiger partial charge >= 0.3 is 0 Å². The largest absolute Gasteiger partial charge is 0.463 e. The predicted octanol–water partition coefficient (Wildman–Crippen LogP) is 1.37. The average molecular weight is 237 g/mol. The molecule has 0 bridgehead atoms. The molecule has 2 N–H and O–H groups in total. The molecule has 0 aliphatic carbocycles. The number of amidine groups is 1. The van der Waals surface area contributed by atoms with Crippen LogP contribution in [0.25, 0.3) is 0 Å². The third-order valence-corrected chi connectivity index (χ3v) is 2.74. The van der Waals surface area contributed by atoms with Gasteiger partial charge in [-0.15, -0.1) is 0 Å². The van der Waals surface area contributed by atoms with E-state index in [-0.39, 0.29) is 17.9 Å². The Morgan fingerprint density at radius 2 is 2.18 bits per heavy atom. The van der Waals surface area contributed by atoms with E-state index in [1.165, 1.54) is 12.1 Å². The summed E-state index contributed by atoms with van der Waals surface area (Å²) in [5, 5.41) is 0. The molecule has 1 aromatic carbocycles. The fraction of sp³-hybridized carbons (Fsp3) is 0.417. The summed E-state index contributed by atoms with van der Waals surface area (Å²) in [6.07, 6.45) is 0. The molecule has 0 aromatic heterocycles. The topological polar surface area (TPSA) is 50.9 Å². The van der Waals surface area contributed by atoms with Gasteiger partial charge in [0.25, 0.3) is 6.02 Å². The first-order valence-electron chi connectivity index (χ1n) is 5.65. The third-order valence-electron chi connectivity index (χ3n) is 2.74. The van der Waals surface area contributed by atoms with Gasteiger partial charge in [-0.25, -0.2) is 9.38 Å². The number of rotatable bonds is 4. The van der Waals surface area contributed by atoms with E-state index in [2.05, 4.69) is 9.89 Å². The van der Waals surface area contributed by atoms with Gasteiger partial charge in [0.05, 0.1) is 0 Å². The van der Waals surface area contributed by atoms with Crippen LogP contribution in [0.4, 0.5) is 10.1 Å². The quantitative estimate of drug-likeness (QED) is 0.860. The molecule has 2 rings (SSSR count). The molecule has 0 radical (unpaired) electrons. The summed E-state index contributed by atoms with van der Waals surface area (Å²) in [6.45, 7) is 4.12. The number of hydrogen-bond acceptors (Lipinski definition) is 4. The minimum Gasteiger partial charge on any atom is -0.463 e. The Kier molecular flexibility index (Phi) is 3.46. The molecule has 5 heteroatoms. The summed E-state index contributed by atoms with van der Waals surface area (Å²) in [5.74, 6) is -0.226. The number of benzene rings is 1. The molecule has 0 saturated carbocycles. The lowest BCUT2D eigenvalue weighted by Crippen LogP contribution is -2.32. The maximum atomic E-state index is 12.8. The van der Waals surface area contributed by atoms with E-state index in [0.717, 1.165) is 18.8 Å². The van der Waals surface area contributed by atoms with Crippen LogP contribution >= 0.6 is 0 Å². The lowest BCUT2D eigenvalue weighted by Gasteiger charge is -2.24. The molecule has 1 aromatic rings. The first-order chi connectivity index (χ1) is 8.19. The number of nitrogens with zero attached hydrogens (tertiary/aromatic N) is 2. The van der Waals surface area contributed by atoms with Gasteiger partial charge in [0, 0.05) is 18.8 Å². The monoisotopic (exact) mass is 237 g/mol. The standard InChI is InChI=1S/C12H16FN3O/c1-2-16(7-10-8-17-12(14)15-10)11-5-3-9(13)4-6-11/h3-6,10H,2,7-8H2,1H3,(H2,14,15). The second-order valence-corrected chi connectivity index (χ2v) is 3.95. The second kappa shape index (κ2) is 5.03. The van der Waals surface area contributed by atoms with Gasteiger partial charge in [0.1, 0.15) is 18.5 Å². The molecule has 1 heterocycles. The fourth-order valence-electron chi connectivity index (χ4n) is 1.85. The number of hydrogen-bond donors (Lipinski definition) is 1. The molecule has 0 fully saturated rings. The van der Waals surface area contributed by atoms with Crippen LogP contribution in [-0.4, -0.2) is 31.8 Å². The van der Waals surface area contributed by atoms with Crippen LogP contribution in [-0.2, 0) is 4.74 Å². The van der Waals surface area contributed by atoms with Crippen molar-refractivity contribution < 1.29 is 9.13 Å². The molecule has 17 heavy (non-hydrogen) atoms. The molecule has 1 atom stereocenters. The summed E-state index contributed by atoms with van der Waals surface area (Å²) in [4.78, 5) is 6.30. The van der Waals surface area contributed by atoms with Crippen LogP contribution in [0.5, 0.6) is 0 Å². The second-order valence-electron chi connectivity index (χ2n) is 3.95. The summed E-state index contributed by atoms with van der Waals surface area (Å²) in [7, 11) is 0. The first kappa shape index (κ1) is 11.7. The van der Waals surface area contributed by atoms with Crippen molar-refractivity contribution in [3.63, 3.8) is 0 Å². The van der Waals surface area contributed by atoms with Crippen molar-refractivity contribution in [2.45, 2.75) is 13.0 Å². The Labute approximate surface area is 99.9 Å². The van der Waals surface area contributed by atoms with Gasteiger partial charge in [-0.2, -0.15) is 0 Å². The van der Waals surface area contributed by atoms with Crippen LogP contribution in [0.3, 0.4) is 0 Å². The zero-order valence-corrected chi connectivity index (χ0v) is 9.77. The number of aliphatic imine (C=N–C) groups is 1. The summed E-state index contributed by atoms with van der Waals surface area (Å²) in [6, 6.07) is 6.76. The summed E-state index contributed by atoms with van der Waals surface area (Å²) in [5.41, 5.74) is 6.44. The minimum absolute atomic E-state index is 0.0556. The maximum absolute atomic E-state index is 12.8. The van der Waals surface area contributed by atoms with E-state index in [9.17, 15) is 4.39 Å². The highest BCUT2D eigenvalue weighted by atomic mass is 19.1. The maximum Gasteiger partial charge on any atom is 0.282 e. The molecule has 0 amide bonds. The lowest BCUT2D eigenvalue weighted by molar-refractivity contribution is 0.313. The average Bonchev–Trinajstić information content (AvgIpc) is 2.73. The Morgan fingerprint density at radius 3 is 2.71 bits per heavy atom. The van der Waals surface area contributed by atoms with Crippen molar-refractivity contribution in [2.75, 3.05) is 24.6 Å². The summed E-state index contributed by atoms with van der Waals surface area (Å²) >= 11 is 0. The zero-order valence-electron chi connectivity index (χ0n) is 9.77. The fourth-order valence-corrected chi connectivity index (χ4v) is 1.85. The molecule has 1 unspecified atom stereocenters. The van der Waals surface area contributed by atoms with E-state index in [1.54, 1.807) is 12.1 Å². The number of halogens is 1. The van der Waals surface area contributed by atoms with E-state index in [1.807, 2.05) is 6.92 Å². The smallest absolute Gasteiger partial charge is 0.282 e. The van der Waals surface area contributed by atoms with Crippen molar-refractivity contribution in [1.82, 2.24) is 0 Å². The SMILES string of the molecule is CCN(CC1COC(N)=N1)c1ccc(F)cc1. The number of ether oxygens (including phenoxy) is 1. The minimum atomic E-state index is -0.226. The highest BCUT2D eigenvalue weighted by molar-refractivity contribution is 5.73. The van der Waals surface area contributed by atoms with Crippen molar-refractivity contribution in [3.8, 4) is 0 Å². The highest BCUT2D eigenvalue weighted by Gasteiger charge is 2.19. The van der Waals surface area contributed by atoms with Crippen LogP contribution in [0, 0.1) is 5.82 Å². The molecule has 0 saturated heterocycles. The number of anilines is 1. The lowest BCUT2D eigenvalue weighted by atomic mass is 10.2. The van der Waals surface area contributed by atoms with Gasteiger partial charge < -0.3 is 15.4 Å². The van der Waals surface area contributed by atoms with Crippen LogP contribution in [0.2, 0.25) is 0 Å². The van der Waals surface area contributed by atoms with Gasteiger partial charge in [0.2, 0.25) is 0 Å². The van der Waals surface area contributed by atoms with E-state index in [0.29, 0.717) is 6.61 Å². The zero-order chi connectivity index (χ0) is 12.3. The predicted molar refractivity (Wildman–Crippen MR) is 65.6 cm³/mol. The van der Waals surface area contributed by atoms with E-state index >= 15 is 0 Å². The molecule has 0 spiro atoms. The van der Waals surface area contributed by atoms with Crippen LogP contribution in [0.15, 0.2) is 29.3 Å². The van der Waals surface area contributed by atoms with Crippen molar-refractivity contribution in [2.24, 2.45) is 10.7 Å². The van der Waals surface area contributed by atoms with Crippen molar-refractivity contribution >= 4 is 11.7 Å². The van der Waals surface area contributed by atoms with Crippen molar-refractivity contribution in [3.05, 3.63) is 30.1 Å². The van der Waals surface area contributed by atoms with Gasteiger partial charge in [-0.3, -0.25) is 0 Å². The molecule has 4 nitrogen and oxygen atoms in total. The molecule has 92 valence electrons. The molecule has 1 aliphatic heterocycles. The normalized spacial score (nSPS) is 18.7. The van der Waals surface area contributed by atoms with Crippen LogP contribution in [0.1, 0.15) is 6.92 Å². The number of nitrogens with two attached hydrogens (primary N) is 1. The summed E-state index contributed by atoms with van der Waals surface area (Å²) < 4.78 is 17.9. The van der Waals surface area contributed by atoms with Crippen LogP contribution < -0.4 is 10.6 Å². The Bertz CT molecular complexity index is 405. The van der Waals surface area contributed by atoms with Crippen molar-refractivity contribution in [1.29, 1.82) is 0 Å². The van der Waals surface area contributed by atoms with Gasteiger partial charge in [0.15, 0.2) is 0 Å². The Balaban J connectivity index is 2.04. The van der Waals surface area contributed by atoms with Gasteiger partial charge in [-0.1, -0.05) is 0 Å². The van der Waals surface area contributed by atoms with E-state index < -0.39 is 0 Å². The molecular weight excluding hydrogens is 221 g/mol. The number of likely N-dealkylation sites (N-methyl/N-ethyl adjacent to an activating group) is 1.